The fraction of sp³-hybridized carbons (Fsp3) is 0.286. The van der Waals surface area contributed by atoms with Crippen LogP contribution in [0.1, 0.15) is 36.8 Å². The summed E-state index contributed by atoms with van der Waals surface area (Å²) in [5, 5.41) is 7.94. The Morgan fingerprint density at radius 2 is 1.16 bits per heavy atom. The molecule has 0 saturated carbocycles. The molecule has 2 amide bonds. The topological polar surface area (TPSA) is 120 Å². The maximum absolute atomic E-state index is 12.0. The zero-order valence-electron chi connectivity index (χ0n) is 21.8. The molecule has 2 aromatic carbocycles. The van der Waals surface area contributed by atoms with Crippen molar-refractivity contribution in [2.24, 2.45) is 10.2 Å². The Morgan fingerprint density at radius 3 is 1.53 bits per heavy atom. The van der Waals surface area contributed by atoms with Gasteiger partial charge in [-0.2, -0.15) is 10.2 Å². The summed E-state index contributed by atoms with van der Waals surface area (Å²) >= 11 is 0. The first kappa shape index (κ1) is 29.6. The molecule has 38 heavy (non-hydrogen) atoms. The highest BCUT2D eigenvalue weighted by Gasteiger charge is 2.07. The molecule has 0 aromatic heterocycles. The van der Waals surface area contributed by atoms with Crippen molar-refractivity contribution in [1.29, 1.82) is 0 Å². The molecule has 0 fully saturated rings. The number of hydrazone groups is 2. The normalized spacial score (nSPS) is 10.7. The van der Waals surface area contributed by atoms with Crippen LogP contribution in [0.4, 0.5) is 0 Å². The quantitative estimate of drug-likeness (QED) is 0.140. The highest BCUT2D eigenvalue weighted by Crippen LogP contribution is 2.28. The summed E-state index contributed by atoms with van der Waals surface area (Å²) in [5.74, 6) is 1.80. The standard InChI is InChI=1S/C28H34N4O6/c1-5-15-37-23-13-11-21(17-25(23)35-3)19-29-31-27(33)9-7-8-10-28(34)32-30-20-22-12-14-24(38-16-6-2)26(18-22)36-4/h5-6,11-14,17-20H,1-2,7-10,15-16H2,3-4H3,(H,31,33)(H,32,34)/b29-19+,30-20+. The number of carbonyl (C=O) groups is 2. The Kier molecular flexibility index (Phi) is 13.2. The zero-order valence-corrected chi connectivity index (χ0v) is 21.8. The van der Waals surface area contributed by atoms with E-state index in [0.29, 0.717) is 49.1 Å². The SMILES string of the molecule is C=CCOc1ccc(/C=N/NC(=O)CCCCC(=O)N/N=C/c2ccc(OCC=C)c(OC)c2)cc1OC. The lowest BCUT2D eigenvalue weighted by molar-refractivity contribution is -0.123. The van der Waals surface area contributed by atoms with Gasteiger partial charge in [-0.3, -0.25) is 9.59 Å². The van der Waals surface area contributed by atoms with E-state index >= 15 is 0 Å². The van der Waals surface area contributed by atoms with Gasteiger partial charge in [-0.1, -0.05) is 25.3 Å². The predicted molar refractivity (Wildman–Crippen MR) is 147 cm³/mol. The maximum Gasteiger partial charge on any atom is 0.240 e. The Hall–Kier alpha value is -4.60. The number of hydrogen-bond donors (Lipinski definition) is 2. The number of unbranched alkanes of at least 4 members (excludes halogenated alkanes) is 1. The molecule has 0 radical (unpaired) electrons. The molecule has 0 aliphatic heterocycles. The smallest absolute Gasteiger partial charge is 0.240 e. The van der Waals surface area contributed by atoms with Gasteiger partial charge in [0.25, 0.3) is 0 Å². The Labute approximate surface area is 223 Å². The third kappa shape index (κ3) is 10.6. The summed E-state index contributed by atoms with van der Waals surface area (Å²) in [5.41, 5.74) is 6.43. The molecule has 2 N–H and O–H groups in total. The lowest BCUT2D eigenvalue weighted by atomic mass is 10.2. The number of benzene rings is 2. The van der Waals surface area contributed by atoms with Crippen molar-refractivity contribution in [3.05, 3.63) is 72.8 Å². The van der Waals surface area contributed by atoms with E-state index in [1.807, 2.05) is 0 Å². The van der Waals surface area contributed by atoms with Gasteiger partial charge in [-0.25, -0.2) is 10.9 Å². The highest BCUT2D eigenvalue weighted by atomic mass is 16.5. The van der Waals surface area contributed by atoms with Crippen LogP contribution < -0.4 is 29.8 Å². The third-order valence-corrected chi connectivity index (χ3v) is 4.95. The van der Waals surface area contributed by atoms with Crippen molar-refractivity contribution in [2.75, 3.05) is 27.4 Å². The molecule has 10 heteroatoms. The Bertz CT molecular complexity index is 1060. The summed E-state index contributed by atoms with van der Waals surface area (Å²) in [7, 11) is 3.09. The average Bonchev–Trinajstić information content (AvgIpc) is 2.93. The van der Waals surface area contributed by atoms with Crippen molar-refractivity contribution in [3.8, 4) is 23.0 Å². The zero-order chi connectivity index (χ0) is 27.6. The molecule has 2 aromatic rings. The van der Waals surface area contributed by atoms with Crippen LogP contribution in [0.15, 0.2) is 71.9 Å². The van der Waals surface area contributed by atoms with Crippen LogP contribution in [-0.4, -0.2) is 51.7 Å². The van der Waals surface area contributed by atoms with E-state index in [0.717, 1.165) is 11.1 Å². The minimum absolute atomic E-state index is 0.242. The van der Waals surface area contributed by atoms with Gasteiger partial charge in [-0.15, -0.1) is 0 Å². The van der Waals surface area contributed by atoms with Gasteiger partial charge in [0.15, 0.2) is 23.0 Å². The largest absolute Gasteiger partial charge is 0.493 e. The van der Waals surface area contributed by atoms with E-state index in [1.165, 1.54) is 12.4 Å². The lowest BCUT2D eigenvalue weighted by Gasteiger charge is -2.09. The summed E-state index contributed by atoms with van der Waals surface area (Å²) in [4.78, 5) is 24.0. The van der Waals surface area contributed by atoms with Crippen LogP contribution in [0.2, 0.25) is 0 Å². The average molecular weight is 523 g/mol. The summed E-state index contributed by atoms with van der Waals surface area (Å²) in [6.07, 6.45) is 7.87. The molecular weight excluding hydrogens is 488 g/mol. The number of rotatable bonds is 17. The minimum atomic E-state index is -0.243. The van der Waals surface area contributed by atoms with Gasteiger partial charge in [0.1, 0.15) is 13.2 Å². The summed E-state index contributed by atoms with van der Waals surface area (Å²) < 4.78 is 21.6. The molecule has 0 atom stereocenters. The molecule has 0 aliphatic carbocycles. The Balaban J connectivity index is 1.68. The van der Waals surface area contributed by atoms with Crippen LogP contribution in [0, 0.1) is 0 Å². The van der Waals surface area contributed by atoms with Crippen molar-refractivity contribution < 1.29 is 28.5 Å². The van der Waals surface area contributed by atoms with Gasteiger partial charge in [0, 0.05) is 12.8 Å². The number of methoxy groups -OCH3 is 2. The molecule has 0 unspecified atom stereocenters. The van der Waals surface area contributed by atoms with Crippen molar-refractivity contribution in [2.45, 2.75) is 25.7 Å². The van der Waals surface area contributed by atoms with E-state index in [-0.39, 0.29) is 24.7 Å². The number of amides is 2. The van der Waals surface area contributed by atoms with Gasteiger partial charge < -0.3 is 18.9 Å². The van der Waals surface area contributed by atoms with Gasteiger partial charge in [0.2, 0.25) is 11.8 Å². The van der Waals surface area contributed by atoms with E-state index in [1.54, 1.807) is 62.8 Å². The molecule has 2 rings (SSSR count). The van der Waals surface area contributed by atoms with Crippen LogP contribution in [0.3, 0.4) is 0 Å². The number of nitrogens with zero attached hydrogens (tertiary/aromatic N) is 2. The second-order valence-corrected chi connectivity index (χ2v) is 7.81. The number of ether oxygens (including phenoxy) is 4. The van der Waals surface area contributed by atoms with E-state index in [2.05, 4.69) is 34.2 Å². The van der Waals surface area contributed by atoms with E-state index in [4.69, 9.17) is 18.9 Å². The summed E-state index contributed by atoms with van der Waals surface area (Å²) in [6.45, 7) is 7.96. The van der Waals surface area contributed by atoms with Gasteiger partial charge in [-0.05, 0) is 60.4 Å². The van der Waals surface area contributed by atoms with Crippen LogP contribution in [-0.2, 0) is 9.59 Å². The highest BCUT2D eigenvalue weighted by molar-refractivity contribution is 5.84. The Morgan fingerprint density at radius 1 is 0.737 bits per heavy atom. The fourth-order valence-corrected chi connectivity index (χ4v) is 3.11. The first-order valence-electron chi connectivity index (χ1n) is 12.0. The monoisotopic (exact) mass is 522 g/mol. The molecule has 0 bridgehead atoms. The number of carbonyl (C=O) groups excluding carboxylic acids is 2. The van der Waals surface area contributed by atoms with Gasteiger partial charge in [0.05, 0.1) is 26.6 Å². The van der Waals surface area contributed by atoms with Gasteiger partial charge >= 0.3 is 0 Å². The third-order valence-electron chi connectivity index (χ3n) is 4.95. The number of nitrogens with one attached hydrogen (secondary N) is 2. The van der Waals surface area contributed by atoms with E-state index in [9.17, 15) is 9.59 Å². The molecule has 0 saturated heterocycles. The van der Waals surface area contributed by atoms with Crippen molar-refractivity contribution in [3.63, 3.8) is 0 Å². The molecular formula is C28H34N4O6. The molecule has 0 heterocycles. The first-order chi connectivity index (χ1) is 18.5. The predicted octanol–water partition coefficient (Wildman–Crippen LogP) is 3.99. The molecule has 202 valence electrons. The van der Waals surface area contributed by atoms with Crippen molar-refractivity contribution in [1.82, 2.24) is 10.9 Å². The molecule has 10 nitrogen and oxygen atoms in total. The molecule has 0 spiro atoms. The first-order valence-corrected chi connectivity index (χ1v) is 12.0. The maximum atomic E-state index is 12.0. The minimum Gasteiger partial charge on any atom is -0.493 e. The van der Waals surface area contributed by atoms with Crippen molar-refractivity contribution >= 4 is 24.2 Å². The second kappa shape index (κ2) is 17.0. The van der Waals surface area contributed by atoms with Crippen LogP contribution in [0.25, 0.3) is 0 Å². The second-order valence-electron chi connectivity index (χ2n) is 7.81. The number of hydrogen-bond acceptors (Lipinski definition) is 8. The van der Waals surface area contributed by atoms with E-state index < -0.39 is 0 Å². The lowest BCUT2D eigenvalue weighted by Crippen LogP contribution is -2.19. The van der Waals surface area contributed by atoms with Crippen LogP contribution in [0.5, 0.6) is 23.0 Å². The fourth-order valence-electron chi connectivity index (χ4n) is 3.11. The molecule has 0 aliphatic rings. The summed E-state index contributed by atoms with van der Waals surface area (Å²) in [6, 6.07) is 10.6. The van der Waals surface area contributed by atoms with Crippen LogP contribution >= 0.6 is 0 Å².